The first-order valence-electron chi connectivity index (χ1n) is 6.07. The summed E-state index contributed by atoms with van der Waals surface area (Å²) in [7, 11) is 1.57. The fourth-order valence-electron chi connectivity index (χ4n) is 1.78. The van der Waals surface area contributed by atoms with Crippen molar-refractivity contribution in [1.29, 1.82) is 0 Å². The lowest BCUT2D eigenvalue weighted by Crippen LogP contribution is -2.39. The molecule has 0 saturated heterocycles. The normalized spacial score (nSPS) is 12.4. The molecular weight excluding hydrogens is 234 g/mol. The lowest BCUT2D eigenvalue weighted by atomic mass is 10.2. The van der Waals surface area contributed by atoms with Gasteiger partial charge in [0.2, 0.25) is 0 Å². The number of nitrogens with one attached hydrogen (secondary N) is 1. The van der Waals surface area contributed by atoms with Crippen molar-refractivity contribution in [3.8, 4) is 0 Å². The smallest absolute Gasteiger partial charge is 0.269 e. The Morgan fingerprint density at radius 1 is 1.67 bits per heavy atom. The molecule has 0 fully saturated rings. The molecule has 0 aliphatic carbocycles. The first-order valence-corrected chi connectivity index (χ1v) is 6.07. The Kier molecular flexibility index (Phi) is 5.80. The highest BCUT2D eigenvalue weighted by atomic mass is 16.5. The van der Waals surface area contributed by atoms with Gasteiger partial charge in [-0.2, -0.15) is 5.10 Å². The summed E-state index contributed by atoms with van der Waals surface area (Å²) < 4.78 is 6.67. The van der Waals surface area contributed by atoms with Crippen molar-refractivity contribution in [2.24, 2.45) is 0 Å². The zero-order valence-electron chi connectivity index (χ0n) is 11.1. The fraction of sp³-hybridized carbons (Fsp3) is 0.667. The molecule has 6 nitrogen and oxygen atoms in total. The van der Waals surface area contributed by atoms with Crippen LogP contribution in [0.25, 0.3) is 0 Å². The molecule has 1 unspecified atom stereocenters. The van der Waals surface area contributed by atoms with Crippen molar-refractivity contribution in [2.45, 2.75) is 32.9 Å². The SMILES string of the molecule is CCn1nc(C)cc1C(=O)NC(CCO)COC. The number of amides is 1. The van der Waals surface area contributed by atoms with Crippen LogP contribution in [0.2, 0.25) is 0 Å². The van der Waals surface area contributed by atoms with Gasteiger partial charge in [0.15, 0.2) is 0 Å². The Hall–Kier alpha value is -1.40. The molecule has 1 heterocycles. The van der Waals surface area contributed by atoms with Gasteiger partial charge in [-0.05, 0) is 26.3 Å². The molecular formula is C12H21N3O3. The van der Waals surface area contributed by atoms with Crippen molar-refractivity contribution in [2.75, 3.05) is 20.3 Å². The van der Waals surface area contributed by atoms with E-state index in [1.54, 1.807) is 17.9 Å². The van der Waals surface area contributed by atoms with E-state index < -0.39 is 0 Å². The molecule has 1 amide bonds. The molecule has 1 aromatic rings. The number of rotatable bonds is 7. The summed E-state index contributed by atoms with van der Waals surface area (Å²) in [6.45, 7) is 4.82. The van der Waals surface area contributed by atoms with Crippen molar-refractivity contribution < 1.29 is 14.6 Å². The zero-order valence-corrected chi connectivity index (χ0v) is 11.1. The first kappa shape index (κ1) is 14.7. The van der Waals surface area contributed by atoms with Crippen LogP contribution in [0.15, 0.2) is 6.07 Å². The van der Waals surface area contributed by atoms with Crippen molar-refractivity contribution in [3.05, 3.63) is 17.5 Å². The lowest BCUT2D eigenvalue weighted by Gasteiger charge is -2.16. The molecule has 18 heavy (non-hydrogen) atoms. The largest absolute Gasteiger partial charge is 0.396 e. The van der Waals surface area contributed by atoms with Crippen LogP contribution >= 0.6 is 0 Å². The van der Waals surface area contributed by atoms with Crippen molar-refractivity contribution in [1.82, 2.24) is 15.1 Å². The average Bonchev–Trinajstić information content (AvgIpc) is 2.71. The van der Waals surface area contributed by atoms with E-state index in [0.29, 0.717) is 25.3 Å². The molecule has 0 radical (unpaired) electrons. The molecule has 0 aromatic carbocycles. The number of carbonyl (C=O) groups excluding carboxylic acids is 1. The van der Waals surface area contributed by atoms with Crippen LogP contribution in [0.5, 0.6) is 0 Å². The molecule has 0 aliphatic rings. The molecule has 6 heteroatoms. The number of nitrogens with zero attached hydrogens (tertiary/aromatic N) is 2. The van der Waals surface area contributed by atoms with Gasteiger partial charge in [-0.3, -0.25) is 9.48 Å². The minimum absolute atomic E-state index is 0.0143. The van der Waals surface area contributed by atoms with E-state index in [9.17, 15) is 4.79 Å². The topological polar surface area (TPSA) is 76.4 Å². The number of aromatic nitrogens is 2. The highest BCUT2D eigenvalue weighted by Crippen LogP contribution is 2.05. The summed E-state index contributed by atoms with van der Waals surface area (Å²) >= 11 is 0. The molecule has 1 aromatic heterocycles. The van der Waals surface area contributed by atoms with Gasteiger partial charge in [-0.25, -0.2) is 0 Å². The second-order valence-corrected chi connectivity index (χ2v) is 4.12. The van der Waals surface area contributed by atoms with E-state index in [0.717, 1.165) is 5.69 Å². The van der Waals surface area contributed by atoms with E-state index in [-0.39, 0.29) is 18.6 Å². The van der Waals surface area contributed by atoms with Gasteiger partial charge in [0, 0.05) is 20.3 Å². The van der Waals surface area contributed by atoms with Gasteiger partial charge in [0.1, 0.15) is 5.69 Å². The second-order valence-electron chi connectivity index (χ2n) is 4.12. The Labute approximate surface area is 107 Å². The Balaban J connectivity index is 2.73. The van der Waals surface area contributed by atoms with Crippen LogP contribution in [-0.4, -0.2) is 47.2 Å². The Bertz CT molecular complexity index is 384. The van der Waals surface area contributed by atoms with Gasteiger partial charge in [0.25, 0.3) is 5.91 Å². The number of carbonyl (C=O) groups is 1. The number of methoxy groups -OCH3 is 1. The summed E-state index contributed by atoms with van der Waals surface area (Å²) in [5.74, 6) is -0.187. The van der Waals surface area contributed by atoms with Gasteiger partial charge in [-0.15, -0.1) is 0 Å². The van der Waals surface area contributed by atoms with Crippen LogP contribution in [0, 0.1) is 6.92 Å². The molecule has 0 aliphatic heterocycles. The van der Waals surface area contributed by atoms with Crippen LogP contribution in [-0.2, 0) is 11.3 Å². The maximum Gasteiger partial charge on any atom is 0.269 e. The molecule has 2 N–H and O–H groups in total. The molecule has 0 bridgehead atoms. The second kappa shape index (κ2) is 7.13. The van der Waals surface area contributed by atoms with E-state index in [1.807, 2.05) is 13.8 Å². The minimum Gasteiger partial charge on any atom is -0.396 e. The highest BCUT2D eigenvalue weighted by molar-refractivity contribution is 5.92. The van der Waals surface area contributed by atoms with E-state index in [4.69, 9.17) is 9.84 Å². The summed E-state index contributed by atoms with van der Waals surface area (Å²) in [4.78, 5) is 12.1. The third-order valence-electron chi connectivity index (χ3n) is 2.61. The molecule has 1 rings (SSSR count). The monoisotopic (exact) mass is 255 g/mol. The van der Waals surface area contributed by atoms with Crippen molar-refractivity contribution in [3.63, 3.8) is 0 Å². The fourth-order valence-corrected chi connectivity index (χ4v) is 1.78. The predicted octanol–water partition coefficient (Wildman–Crippen LogP) is 0.339. The Morgan fingerprint density at radius 2 is 2.39 bits per heavy atom. The van der Waals surface area contributed by atoms with E-state index >= 15 is 0 Å². The zero-order chi connectivity index (χ0) is 13.5. The van der Waals surface area contributed by atoms with Crippen molar-refractivity contribution >= 4 is 5.91 Å². The van der Waals surface area contributed by atoms with Crippen LogP contribution < -0.4 is 5.32 Å². The first-order chi connectivity index (χ1) is 8.62. The summed E-state index contributed by atoms with van der Waals surface area (Å²) in [5.41, 5.74) is 1.35. The van der Waals surface area contributed by atoms with Gasteiger partial charge in [0.05, 0.1) is 18.3 Å². The average molecular weight is 255 g/mol. The van der Waals surface area contributed by atoms with E-state index in [2.05, 4.69) is 10.4 Å². The number of hydrogen-bond acceptors (Lipinski definition) is 4. The van der Waals surface area contributed by atoms with Gasteiger partial charge >= 0.3 is 0 Å². The van der Waals surface area contributed by atoms with Crippen LogP contribution in [0.1, 0.15) is 29.5 Å². The summed E-state index contributed by atoms with van der Waals surface area (Å²) in [6, 6.07) is 1.56. The van der Waals surface area contributed by atoms with Gasteiger partial charge < -0.3 is 15.2 Å². The maximum absolute atomic E-state index is 12.1. The van der Waals surface area contributed by atoms with Crippen LogP contribution in [0.3, 0.4) is 0 Å². The summed E-state index contributed by atoms with van der Waals surface area (Å²) in [5, 5.41) is 16.0. The molecule has 102 valence electrons. The summed E-state index contributed by atoms with van der Waals surface area (Å²) in [6.07, 6.45) is 0.471. The van der Waals surface area contributed by atoms with Crippen LogP contribution in [0.4, 0.5) is 0 Å². The number of ether oxygens (including phenoxy) is 1. The Morgan fingerprint density at radius 3 is 2.94 bits per heavy atom. The minimum atomic E-state index is -0.187. The van der Waals surface area contributed by atoms with E-state index in [1.165, 1.54) is 0 Å². The third kappa shape index (κ3) is 3.82. The third-order valence-corrected chi connectivity index (χ3v) is 2.61. The molecule has 0 saturated carbocycles. The predicted molar refractivity (Wildman–Crippen MR) is 67.5 cm³/mol. The highest BCUT2D eigenvalue weighted by Gasteiger charge is 2.17. The lowest BCUT2D eigenvalue weighted by molar-refractivity contribution is 0.0868. The number of aliphatic hydroxyl groups excluding tert-OH is 1. The quantitative estimate of drug-likeness (QED) is 0.736. The van der Waals surface area contributed by atoms with Gasteiger partial charge in [-0.1, -0.05) is 0 Å². The number of hydrogen-bond donors (Lipinski definition) is 2. The molecule has 1 atom stereocenters. The number of aryl methyl sites for hydroxylation is 2. The number of aliphatic hydroxyl groups is 1. The standard InChI is InChI=1S/C12H21N3O3/c1-4-15-11(7-9(2)14-15)12(17)13-10(5-6-16)8-18-3/h7,10,16H,4-6,8H2,1-3H3,(H,13,17). The molecule has 0 spiro atoms. The maximum atomic E-state index is 12.1.